The van der Waals surface area contributed by atoms with E-state index in [-0.39, 0.29) is 12.6 Å². The summed E-state index contributed by atoms with van der Waals surface area (Å²) in [6, 6.07) is 0.0922. The Hall–Kier alpha value is -0.630. The minimum Gasteiger partial charge on any atom is -0.395 e. The first-order valence-electron chi connectivity index (χ1n) is 6.68. The molecule has 0 aliphatic carbocycles. The molecule has 20 heavy (non-hydrogen) atoms. The van der Waals surface area contributed by atoms with Crippen LogP contribution < -0.4 is 5.32 Å². The van der Waals surface area contributed by atoms with Gasteiger partial charge < -0.3 is 10.4 Å². The highest BCUT2D eigenvalue weighted by atomic mass is 32.1. The number of hydrogen-bond acceptors (Lipinski definition) is 4. The molecule has 0 aromatic carbocycles. The van der Waals surface area contributed by atoms with Crippen LogP contribution in [0.1, 0.15) is 11.1 Å². The third kappa shape index (κ3) is 2.59. The molecule has 0 saturated carbocycles. The fourth-order valence-electron chi connectivity index (χ4n) is 3.38. The normalized spacial score (nSPS) is 30.9. The van der Waals surface area contributed by atoms with Gasteiger partial charge in [0, 0.05) is 31.1 Å². The number of nitrogens with zero attached hydrogens (tertiary/aromatic N) is 1. The number of thiophene rings is 1. The fraction of sp³-hybridized carbons (Fsp3) is 0.692. The van der Waals surface area contributed by atoms with Gasteiger partial charge in [0.15, 0.2) is 0 Å². The first-order valence-corrected chi connectivity index (χ1v) is 7.62. The van der Waals surface area contributed by atoms with Crippen molar-refractivity contribution in [2.24, 2.45) is 11.8 Å². The molecule has 112 valence electrons. The molecular formula is C13H17F3N2OS. The number of aliphatic hydroxyl groups is 1. The highest BCUT2D eigenvalue weighted by Gasteiger charge is 2.42. The van der Waals surface area contributed by atoms with E-state index >= 15 is 0 Å². The summed E-state index contributed by atoms with van der Waals surface area (Å²) in [7, 11) is 0. The fourth-order valence-corrected chi connectivity index (χ4v) is 4.23. The van der Waals surface area contributed by atoms with Gasteiger partial charge in [-0.3, -0.25) is 4.90 Å². The number of halogens is 3. The molecule has 1 aromatic heterocycles. The first kappa shape index (κ1) is 14.3. The average molecular weight is 306 g/mol. The second kappa shape index (κ2) is 5.29. The number of rotatable bonds is 3. The van der Waals surface area contributed by atoms with Crippen LogP contribution in [0.4, 0.5) is 13.2 Å². The molecular weight excluding hydrogens is 289 g/mol. The topological polar surface area (TPSA) is 35.5 Å². The minimum atomic E-state index is -4.26. The largest absolute Gasteiger partial charge is 0.417 e. The Morgan fingerprint density at radius 2 is 2.15 bits per heavy atom. The van der Waals surface area contributed by atoms with Crippen molar-refractivity contribution in [3.05, 3.63) is 21.9 Å². The molecule has 2 fully saturated rings. The van der Waals surface area contributed by atoms with Crippen LogP contribution in [0.15, 0.2) is 10.8 Å². The lowest BCUT2D eigenvalue weighted by Crippen LogP contribution is -2.35. The molecule has 0 unspecified atom stereocenters. The Kier molecular flexibility index (Phi) is 3.79. The highest BCUT2D eigenvalue weighted by molar-refractivity contribution is 7.08. The van der Waals surface area contributed by atoms with Crippen molar-refractivity contribution in [3.8, 4) is 0 Å². The summed E-state index contributed by atoms with van der Waals surface area (Å²) < 4.78 is 38.5. The van der Waals surface area contributed by atoms with Crippen LogP contribution in [-0.2, 0) is 12.7 Å². The number of fused-ring (bicyclic) bond motifs is 1. The summed E-state index contributed by atoms with van der Waals surface area (Å²) in [5.41, 5.74) is -0.132. The van der Waals surface area contributed by atoms with Crippen LogP contribution in [0.3, 0.4) is 0 Å². The van der Waals surface area contributed by atoms with Crippen LogP contribution in [-0.4, -0.2) is 42.3 Å². The third-order valence-electron chi connectivity index (χ3n) is 4.36. The number of hydrogen-bond donors (Lipinski definition) is 2. The van der Waals surface area contributed by atoms with E-state index in [0.29, 0.717) is 23.9 Å². The van der Waals surface area contributed by atoms with Crippen molar-refractivity contribution in [1.29, 1.82) is 0 Å². The lowest BCUT2D eigenvalue weighted by molar-refractivity contribution is -0.138. The zero-order valence-electron chi connectivity index (χ0n) is 10.9. The molecule has 3 heterocycles. The summed E-state index contributed by atoms with van der Waals surface area (Å²) in [6.45, 7) is 2.87. The summed E-state index contributed by atoms with van der Waals surface area (Å²) in [5.74, 6) is 0.799. The molecule has 1 aromatic rings. The third-order valence-corrected chi connectivity index (χ3v) is 5.16. The van der Waals surface area contributed by atoms with Crippen LogP contribution in [0, 0.1) is 11.8 Å². The quantitative estimate of drug-likeness (QED) is 0.893. The van der Waals surface area contributed by atoms with Crippen molar-refractivity contribution in [2.45, 2.75) is 18.8 Å². The van der Waals surface area contributed by atoms with E-state index < -0.39 is 11.7 Å². The van der Waals surface area contributed by atoms with E-state index in [1.165, 1.54) is 5.38 Å². The van der Waals surface area contributed by atoms with Crippen molar-refractivity contribution >= 4 is 11.3 Å². The van der Waals surface area contributed by atoms with Gasteiger partial charge in [0.2, 0.25) is 0 Å². The van der Waals surface area contributed by atoms with Crippen LogP contribution in [0.5, 0.6) is 0 Å². The van der Waals surface area contributed by atoms with Gasteiger partial charge in [0.25, 0.3) is 0 Å². The molecule has 3 atom stereocenters. The Bertz CT molecular complexity index is 476. The zero-order chi connectivity index (χ0) is 14.3. The summed E-state index contributed by atoms with van der Waals surface area (Å²) in [6.07, 6.45) is -4.26. The van der Waals surface area contributed by atoms with E-state index in [1.54, 1.807) is 5.38 Å². The van der Waals surface area contributed by atoms with Crippen LogP contribution >= 0.6 is 11.3 Å². The van der Waals surface area contributed by atoms with Gasteiger partial charge in [0.1, 0.15) is 0 Å². The molecule has 2 N–H and O–H groups in total. The monoisotopic (exact) mass is 306 g/mol. The highest BCUT2D eigenvalue weighted by Crippen LogP contribution is 2.37. The second-order valence-corrected chi connectivity index (χ2v) is 6.37. The van der Waals surface area contributed by atoms with E-state index in [9.17, 15) is 18.3 Å². The molecule has 3 rings (SSSR count). The van der Waals surface area contributed by atoms with Gasteiger partial charge in [0.05, 0.1) is 12.2 Å². The maximum absolute atomic E-state index is 12.8. The molecule has 0 spiro atoms. The van der Waals surface area contributed by atoms with Crippen molar-refractivity contribution < 1.29 is 18.3 Å². The molecule has 0 amide bonds. The maximum atomic E-state index is 12.8. The Labute approximate surface area is 119 Å². The molecule has 0 bridgehead atoms. The Morgan fingerprint density at radius 3 is 2.85 bits per heavy atom. The summed E-state index contributed by atoms with van der Waals surface area (Å²) in [4.78, 5) is 2.08. The smallest absolute Gasteiger partial charge is 0.395 e. The number of nitrogens with one attached hydrogen (secondary N) is 1. The average Bonchev–Trinajstić information content (AvgIpc) is 3.02. The van der Waals surface area contributed by atoms with Gasteiger partial charge in [-0.05, 0) is 29.3 Å². The predicted molar refractivity (Wildman–Crippen MR) is 70.5 cm³/mol. The van der Waals surface area contributed by atoms with E-state index in [2.05, 4.69) is 10.2 Å². The lowest BCUT2D eigenvalue weighted by Gasteiger charge is -2.20. The van der Waals surface area contributed by atoms with Gasteiger partial charge in [-0.15, -0.1) is 0 Å². The summed E-state index contributed by atoms with van der Waals surface area (Å²) in [5, 5.41) is 15.3. The van der Waals surface area contributed by atoms with Gasteiger partial charge >= 0.3 is 6.18 Å². The van der Waals surface area contributed by atoms with E-state index in [1.807, 2.05) is 0 Å². The number of alkyl halides is 3. The van der Waals surface area contributed by atoms with Crippen molar-refractivity contribution in [3.63, 3.8) is 0 Å². The SMILES string of the molecule is OC[C@@H]1NC[C@@H]2CN(Cc3cscc3C(F)(F)F)C[C@@H]21. The standard InChI is InChI=1S/C13H17F3N2OS/c14-13(15,16)11-7-20-6-9(11)3-18-2-8-1-17-12(5-19)10(8)4-18/h6-8,10,12,17,19H,1-5H2/t8-,10+,12+/m1/s1. The van der Waals surface area contributed by atoms with E-state index in [4.69, 9.17) is 0 Å². The lowest BCUT2D eigenvalue weighted by atomic mass is 9.95. The molecule has 2 aliphatic rings. The van der Waals surface area contributed by atoms with Gasteiger partial charge in [-0.25, -0.2) is 0 Å². The van der Waals surface area contributed by atoms with Gasteiger partial charge in [-0.2, -0.15) is 24.5 Å². The van der Waals surface area contributed by atoms with Crippen LogP contribution in [0.2, 0.25) is 0 Å². The first-order chi connectivity index (χ1) is 9.49. The molecule has 2 saturated heterocycles. The molecule has 2 aliphatic heterocycles. The van der Waals surface area contributed by atoms with Gasteiger partial charge in [-0.1, -0.05) is 0 Å². The van der Waals surface area contributed by atoms with Crippen molar-refractivity contribution in [2.75, 3.05) is 26.2 Å². The predicted octanol–water partition coefficient (Wildman–Crippen LogP) is 1.78. The number of likely N-dealkylation sites (tertiary alicyclic amines) is 1. The molecule has 3 nitrogen and oxygen atoms in total. The zero-order valence-corrected chi connectivity index (χ0v) is 11.7. The van der Waals surface area contributed by atoms with E-state index in [0.717, 1.165) is 31.0 Å². The molecule has 7 heteroatoms. The Morgan fingerprint density at radius 1 is 1.35 bits per heavy atom. The minimum absolute atomic E-state index is 0.0922. The van der Waals surface area contributed by atoms with Crippen molar-refractivity contribution in [1.82, 2.24) is 10.2 Å². The maximum Gasteiger partial charge on any atom is 0.417 e. The Balaban J connectivity index is 1.67. The summed E-state index contributed by atoms with van der Waals surface area (Å²) >= 11 is 1.10. The number of aliphatic hydroxyl groups excluding tert-OH is 1. The molecule has 0 radical (unpaired) electrons. The van der Waals surface area contributed by atoms with Crippen LogP contribution in [0.25, 0.3) is 0 Å². The second-order valence-electron chi connectivity index (χ2n) is 5.62.